The number of hydrazine groups is 1. The molecule has 0 bridgehead atoms. The van der Waals surface area contributed by atoms with Crippen LogP contribution in [0.1, 0.15) is 19.8 Å². The highest BCUT2D eigenvalue weighted by atomic mass is 79.9. The number of nitrogens with two attached hydrogens (primary N) is 1. The number of hydrogen-bond donors (Lipinski definition) is 2. The zero-order valence-corrected chi connectivity index (χ0v) is 10.7. The second kappa shape index (κ2) is 6.50. The van der Waals surface area contributed by atoms with Gasteiger partial charge in [-0.1, -0.05) is 29.3 Å². The minimum atomic E-state index is -0.531. The molecular formula is C11H15BrN2O2. The molecule has 1 atom stereocenters. The summed E-state index contributed by atoms with van der Waals surface area (Å²) in [5.41, 5.74) is 2.11. The summed E-state index contributed by atoms with van der Waals surface area (Å²) in [6.07, 6.45) is 0.962. The Hall–Kier alpha value is -1.07. The summed E-state index contributed by atoms with van der Waals surface area (Å²) in [5.74, 6) is 5.45. The molecule has 0 unspecified atom stereocenters. The topological polar surface area (TPSA) is 64.3 Å². The fourth-order valence-corrected chi connectivity index (χ4v) is 1.54. The maximum absolute atomic E-state index is 11.4. The molecule has 3 N–H and O–H groups in total. The zero-order valence-electron chi connectivity index (χ0n) is 9.07. The first-order valence-electron chi connectivity index (χ1n) is 5.10. The fraction of sp³-hybridized carbons (Fsp3) is 0.364. The number of amides is 1. The first kappa shape index (κ1) is 13.0. The highest BCUT2D eigenvalue weighted by Gasteiger charge is 2.18. The van der Waals surface area contributed by atoms with Crippen LogP contribution in [-0.4, -0.2) is 12.0 Å². The third-order valence-corrected chi connectivity index (χ3v) is 2.61. The number of ether oxygens (including phenoxy) is 1. The van der Waals surface area contributed by atoms with E-state index in [1.54, 1.807) is 12.1 Å². The Morgan fingerprint density at radius 1 is 1.50 bits per heavy atom. The summed E-state index contributed by atoms with van der Waals surface area (Å²) in [6.45, 7) is 1.99. The fourth-order valence-electron chi connectivity index (χ4n) is 1.28. The summed E-state index contributed by atoms with van der Waals surface area (Å²) >= 11 is 3.33. The summed E-state index contributed by atoms with van der Waals surface area (Å²) in [4.78, 5) is 11.4. The van der Waals surface area contributed by atoms with Crippen LogP contribution in [0, 0.1) is 0 Å². The molecule has 1 aromatic carbocycles. The van der Waals surface area contributed by atoms with Crippen LogP contribution >= 0.6 is 15.9 Å². The monoisotopic (exact) mass is 286 g/mol. The molecule has 16 heavy (non-hydrogen) atoms. The van der Waals surface area contributed by atoms with Gasteiger partial charge in [-0.15, -0.1) is 0 Å². The molecule has 0 saturated carbocycles. The predicted octanol–water partition coefficient (Wildman–Crippen LogP) is 1.99. The predicted molar refractivity (Wildman–Crippen MR) is 65.8 cm³/mol. The van der Waals surface area contributed by atoms with Gasteiger partial charge in [0.1, 0.15) is 5.75 Å². The molecule has 0 aromatic heterocycles. The van der Waals surface area contributed by atoms with E-state index in [9.17, 15) is 4.79 Å². The second-order valence-corrected chi connectivity index (χ2v) is 4.27. The SMILES string of the molecule is CCC[C@@H](Oc1ccc(Br)cc1)C(=O)NN. The molecule has 1 aromatic rings. The van der Waals surface area contributed by atoms with Gasteiger partial charge in [-0.2, -0.15) is 0 Å². The Kier molecular flexibility index (Phi) is 5.28. The minimum absolute atomic E-state index is 0.301. The molecule has 0 aliphatic heterocycles. The van der Waals surface area contributed by atoms with Crippen molar-refractivity contribution in [1.29, 1.82) is 0 Å². The van der Waals surface area contributed by atoms with E-state index in [4.69, 9.17) is 10.6 Å². The van der Waals surface area contributed by atoms with Crippen LogP contribution in [0.4, 0.5) is 0 Å². The Labute approximate surface area is 103 Å². The minimum Gasteiger partial charge on any atom is -0.481 e. The maximum Gasteiger partial charge on any atom is 0.274 e. The van der Waals surface area contributed by atoms with Gasteiger partial charge >= 0.3 is 0 Å². The lowest BCUT2D eigenvalue weighted by molar-refractivity contribution is -0.128. The van der Waals surface area contributed by atoms with Crippen LogP contribution < -0.4 is 16.0 Å². The number of nitrogens with one attached hydrogen (secondary N) is 1. The molecular weight excluding hydrogens is 272 g/mol. The van der Waals surface area contributed by atoms with E-state index in [1.807, 2.05) is 19.1 Å². The zero-order chi connectivity index (χ0) is 12.0. The van der Waals surface area contributed by atoms with Gasteiger partial charge in [0.25, 0.3) is 5.91 Å². The van der Waals surface area contributed by atoms with Gasteiger partial charge in [-0.3, -0.25) is 10.2 Å². The van der Waals surface area contributed by atoms with Crippen molar-refractivity contribution in [3.63, 3.8) is 0 Å². The third-order valence-electron chi connectivity index (χ3n) is 2.08. The van der Waals surface area contributed by atoms with E-state index in [1.165, 1.54) is 0 Å². The quantitative estimate of drug-likeness (QED) is 0.494. The van der Waals surface area contributed by atoms with Crippen molar-refractivity contribution in [3.05, 3.63) is 28.7 Å². The third kappa shape index (κ3) is 3.83. The van der Waals surface area contributed by atoms with Crippen LogP contribution in [0.3, 0.4) is 0 Å². The van der Waals surface area contributed by atoms with Gasteiger partial charge in [0, 0.05) is 4.47 Å². The number of rotatable bonds is 5. The molecule has 0 aliphatic rings. The first-order valence-corrected chi connectivity index (χ1v) is 5.89. The molecule has 1 amide bonds. The van der Waals surface area contributed by atoms with Gasteiger partial charge < -0.3 is 4.74 Å². The van der Waals surface area contributed by atoms with E-state index in [0.29, 0.717) is 12.2 Å². The summed E-state index contributed by atoms with van der Waals surface area (Å²) in [7, 11) is 0. The molecule has 4 nitrogen and oxygen atoms in total. The van der Waals surface area contributed by atoms with Crippen LogP contribution in [-0.2, 0) is 4.79 Å². The molecule has 0 radical (unpaired) electrons. The van der Waals surface area contributed by atoms with E-state index in [-0.39, 0.29) is 5.91 Å². The highest BCUT2D eigenvalue weighted by molar-refractivity contribution is 9.10. The summed E-state index contributed by atoms with van der Waals surface area (Å²) in [6, 6.07) is 7.32. The standard InChI is InChI=1S/C11H15BrN2O2/c1-2-3-10(11(15)14-13)16-9-6-4-8(12)5-7-9/h4-7,10H,2-3,13H2,1H3,(H,14,15)/t10-/m1/s1. The van der Waals surface area contributed by atoms with Gasteiger partial charge in [-0.25, -0.2) is 5.84 Å². The van der Waals surface area contributed by atoms with Crippen molar-refractivity contribution in [3.8, 4) is 5.75 Å². The van der Waals surface area contributed by atoms with E-state index in [2.05, 4.69) is 21.4 Å². The Morgan fingerprint density at radius 3 is 2.62 bits per heavy atom. The highest BCUT2D eigenvalue weighted by Crippen LogP contribution is 2.18. The average Bonchev–Trinajstić information content (AvgIpc) is 2.30. The average molecular weight is 287 g/mol. The molecule has 5 heteroatoms. The van der Waals surface area contributed by atoms with E-state index >= 15 is 0 Å². The summed E-state index contributed by atoms with van der Waals surface area (Å²) in [5, 5.41) is 0. The van der Waals surface area contributed by atoms with Gasteiger partial charge in [-0.05, 0) is 30.7 Å². The van der Waals surface area contributed by atoms with E-state index < -0.39 is 6.10 Å². The van der Waals surface area contributed by atoms with Crippen molar-refractivity contribution < 1.29 is 9.53 Å². The van der Waals surface area contributed by atoms with Crippen molar-refractivity contribution in [2.45, 2.75) is 25.9 Å². The molecule has 0 spiro atoms. The van der Waals surface area contributed by atoms with Crippen LogP contribution in [0.15, 0.2) is 28.7 Å². The molecule has 0 heterocycles. The van der Waals surface area contributed by atoms with Gasteiger partial charge in [0.05, 0.1) is 0 Å². The Balaban J connectivity index is 2.67. The molecule has 0 saturated heterocycles. The molecule has 0 fully saturated rings. The first-order chi connectivity index (χ1) is 7.67. The maximum atomic E-state index is 11.4. The van der Waals surface area contributed by atoms with Crippen molar-refractivity contribution in [1.82, 2.24) is 5.43 Å². The lowest BCUT2D eigenvalue weighted by atomic mass is 10.2. The molecule has 1 rings (SSSR count). The Bertz CT molecular complexity index is 340. The van der Waals surface area contributed by atoms with Crippen LogP contribution in [0.2, 0.25) is 0 Å². The number of halogens is 1. The number of hydrogen-bond acceptors (Lipinski definition) is 3. The lowest BCUT2D eigenvalue weighted by Gasteiger charge is -2.16. The largest absolute Gasteiger partial charge is 0.481 e. The molecule has 0 aliphatic carbocycles. The smallest absolute Gasteiger partial charge is 0.274 e. The number of benzene rings is 1. The van der Waals surface area contributed by atoms with Gasteiger partial charge in [0.15, 0.2) is 6.10 Å². The van der Waals surface area contributed by atoms with Crippen molar-refractivity contribution in [2.75, 3.05) is 0 Å². The molecule has 88 valence electrons. The van der Waals surface area contributed by atoms with Crippen molar-refractivity contribution >= 4 is 21.8 Å². The van der Waals surface area contributed by atoms with Crippen LogP contribution in [0.25, 0.3) is 0 Å². The van der Waals surface area contributed by atoms with Gasteiger partial charge in [0.2, 0.25) is 0 Å². The lowest BCUT2D eigenvalue weighted by Crippen LogP contribution is -2.42. The number of carbonyl (C=O) groups excluding carboxylic acids is 1. The van der Waals surface area contributed by atoms with Crippen LogP contribution in [0.5, 0.6) is 5.75 Å². The normalized spacial score (nSPS) is 11.9. The number of carbonyl (C=O) groups is 1. The van der Waals surface area contributed by atoms with Crippen molar-refractivity contribution in [2.24, 2.45) is 5.84 Å². The van der Waals surface area contributed by atoms with E-state index in [0.717, 1.165) is 10.9 Å². The second-order valence-electron chi connectivity index (χ2n) is 3.36. The summed E-state index contributed by atoms with van der Waals surface area (Å²) < 4.78 is 6.52. The Morgan fingerprint density at radius 2 is 2.12 bits per heavy atom.